The van der Waals surface area contributed by atoms with E-state index >= 15 is 0 Å². The molecule has 2 nitrogen and oxygen atoms in total. The molecule has 160 valence electrons. The summed E-state index contributed by atoms with van der Waals surface area (Å²) in [7, 11) is 0. The fourth-order valence-electron chi connectivity index (χ4n) is 3.63. The molecule has 0 spiro atoms. The van der Waals surface area contributed by atoms with Crippen LogP contribution in [0.2, 0.25) is 0 Å². The van der Waals surface area contributed by atoms with Crippen molar-refractivity contribution in [3.63, 3.8) is 0 Å². The van der Waals surface area contributed by atoms with Gasteiger partial charge >= 0.3 is 12.4 Å². The van der Waals surface area contributed by atoms with Gasteiger partial charge < -0.3 is 9.47 Å². The summed E-state index contributed by atoms with van der Waals surface area (Å²) in [6.45, 7) is 2.96. The third-order valence-electron chi connectivity index (χ3n) is 4.98. The second-order valence-electron chi connectivity index (χ2n) is 7.21. The summed E-state index contributed by atoms with van der Waals surface area (Å²) in [5, 5.41) is 0. The molecular weight excluding hydrogens is 386 g/mol. The first-order valence-electron chi connectivity index (χ1n) is 9.57. The van der Waals surface area contributed by atoms with Gasteiger partial charge in [-0.15, -0.1) is 0 Å². The second-order valence-corrected chi connectivity index (χ2v) is 7.21. The zero-order valence-corrected chi connectivity index (χ0v) is 16.0. The Balaban J connectivity index is 2.37. The number of aryl methyl sites for hydroxylation is 1. The average molecular weight is 412 g/mol. The first-order chi connectivity index (χ1) is 13.0. The van der Waals surface area contributed by atoms with E-state index in [1.807, 2.05) is 6.92 Å². The van der Waals surface area contributed by atoms with Gasteiger partial charge in [-0.3, -0.25) is 0 Å². The van der Waals surface area contributed by atoms with Crippen molar-refractivity contribution in [2.45, 2.75) is 89.1 Å². The molecule has 0 radical (unpaired) electrons. The minimum absolute atomic E-state index is 0.394. The number of hydrogen-bond donors (Lipinski definition) is 0. The third kappa shape index (κ3) is 5.00. The van der Waals surface area contributed by atoms with Crippen molar-refractivity contribution in [1.82, 2.24) is 0 Å². The molecule has 2 rings (SSSR count). The highest BCUT2D eigenvalue weighted by atomic mass is 19.4. The van der Waals surface area contributed by atoms with Crippen LogP contribution in [0.4, 0.5) is 26.3 Å². The van der Waals surface area contributed by atoms with Gasteiger partial charge in [0.1, 0.15) is 0 Å². The fraction of sp³-hybridized carbons (Fsp3) is 0.700. The monoisotopic (exact) mass is 412 g/mol. The number of alkyl halides is 6. The topological polar surface area (TPSA) is 18.5 Å². The second kappa shape index (κ2) is 9.03. The van der Waals surface area contributed by atoms with Crippen molar-refractivity contribution in [2.75, 3.05) is 0 Å². The maximum Gasteiger partial charge on any atom is 0.430 e. The Morgan fingerprint density at radius 2 is 1.46 bits per heavy atom. The number of ether oxygens (including phenoxy) is 2. The van der Waals surface area contributed by atoms with Gasteiger partial charge in [0, 0.05) is 5.56 Å². The predicted molar refractivity (Wildman–Crippen MR) is 92.7 cm³/mol. The van der Waals surface area contributed by atoms with Crippen LogP contribution in [0, 0.1) is 0 Å². The molecule has 1 atom stereocenters. The Labute approximate surface area is 161 Å². The van der Waals surface area contributed by atoms with E-state index in [9.17, 15) is 26.3 Å². The van der Waals surface area contributed by atoms with Crippen LogP contribution in [0.5, 0.6) is 0 Å². The van der Waals surface area contributed by atoms with Crippen LogP contribution in [0.1, 0.15) is 63.5 Å². The Kier molecular flexibility index (Phi) is 7.42. The molecule has 0 heterocycles. The van der Waals surface area contributed by atoms with E-state index in [0.29, 0.717) is 24.8 Å². The summed E-state index contributed by atoms with van der Waals surface area (Å²) in [6, 6.07) is 4.25. The van der Waals surface area contributed by atoms with Crippen LogP contribution in [0.15, 0.2) is 24.3 Å². The van der Waals surface area contributed by atoms with E-state index in [4.69, 9.17) is 4.74 Å². The van der Waals surface area contributed by atoms with E-state index in [0.717, 1.165) is 44.7 Å². The van der Waals surface area contributed by atoms with Crippen molar-refractivity contribution in [1.29, 1.82) is 0 Å². The number of benzene rings is 1. The molecule has 1 unspecified atom stereocenters. The molecule has 1 saturated carbocycles. The van der Waals surface area contributed by atoms with Crippen LogP contribution in [0.25, 0.3) is 0 Å². The lowest BCUT2D eigenvalue weighted by Crippen LogP contribution is -2.57. The van der Waals surface area contributed by atoms with Gasteiger partial charge in [-0.25, -0.2) is 0 Å². The summed E-state index contributed by atoms with van der Waals surface area (Å²) in [4.78, 5) is 0. The van der Waals surface area contributed by atoms with E-state index in [-0.39, 0.29) is 0 Å². The molecular formula is C20H26F6O2. The van der Waals surface area contributed by atoms with E-state index in [1.165, 1.54) is 12.1 Å². The van der Waals surface area contributed by atoms with Crippen LogP contribution in [-0.4, -0.2) is 24.7 Å². The average Bonchev–Trinajstić information content (AvgIpc) is 2.59. The maximum atomic E-state index is 13.8. The molecule has 1 aliphatic rings. The van der Waals surface area contributed by atoms with E-state index in [2.05, 4.69) is 4.74 Å². The lowest BCUT2D eigenvalue weighted by molar-refractivity contribution is -0.418. The summed E-state index contributed by atoms with van der Waals surface area (Å²) in [5.74, 6) is 0. The number of hydrogen-bond acceptors (Lipinski definition) is 2. The van der Waals surface area contributed by atoms with Gasteiger partial charge in [-0.2, -0.15) is 26.3 Å². The smallest absolute Gasteiger partial charge is 0.350 e. The van der Waals surface area contributed by atoms with Gasteiger partial charge in [0.15, 0.2) is 6.29 Å². The van der Waals surface area contributed by atoms with E-state index in [1.54, 1.807) is 0 Å². The van der Waals surface area contributed by atoms with Crippen LogP contribution < -0.4 is 0 Å². The first kappa shape index (κ1) is 23.0. The van der Waals surface area contributed by atoms with Crippen LogP contribution >= 0.6 is 0 Å². The minimum Gasteiger partial charge on any atom is -0.350 e. The first-order valence-corrected chi connectivity index (χ1v) is 9.57. The molecule has 1 aromatic rings. The molecule has 0 saturated heterocycles. The Morgan fingerprint density at radius 3 is 1.93 bits per heavy atom. The fourth-order valence-corrected chi connectivity index (χ4v) is 3.63. The van der Waals surface area contributed by atoms with Crippen molar-refractivity contribution in [2.24, 2.45) is 0 Å². The summed E-state index contributed by atoms with van der Waals surface area (Å²) in [6.07, 6.45) is -8.33. The molecule has 0 N–H and O–H groups in total. The third-order valence-corrected chi connectivity index (χ3v) is 4.98. The predicted octanol–water partition coefficient (Wildman–Crippen LogP) is 6.67. The van der Waals surface area contributed by atoms with Crippen molar-refractivity contribution in [3.8, 4) is 0 Å². The van der Waals surface area contributed by atoms with Crippen LogP contribution in [0.3, 0.4) is 0 Å². The standard InChI is InChI=1S/C20H26F6O2/c1-3-7-15-10-12-16(13-11-15)18(19(21,22)23,20(24,25)26)28-14(2)27-17-8-5-4-6-9-17/h10-14,17H,3-9H2,1-2H3. The molecule has 0 bridgehead atoms. The SMILES string of the molecule is CCCc1ccc(C(OC(C)OC2CCCCC2)(C(F)(F)F)C(F)(F)F)cc1. The molecule has 1 aromatic carbocycles. The molecule has 28 heavy (non-hydrogen) atoms. The summed E-state index contributed by atoms with van der Waals surface area (Å²) in [5.41, 5.74) is -4.78. The lowest BCUT2D eigenvalue weighted by atomic mass is 9.90. The summed E-state index contributed by atoms with van der Waals surface area (Å²) < 4.78 is 93.1. The zero-order chi connectivity index (χ0) is 21.0. The molecule has 1 aliphatic carbocycles. The van der Waals surface area contributed by atoms with Gasteiger partial charge in [-0.1, -0.05) is 56.9 Å². The Hall–Kier alpha value is -1.28. The normalized spacial score (nSPS) is 18.3. The molecule has 8 heteroatoms. The van der Waals surface area contributed by atoms with Crippen molar-refractivity contribution in [3.05, 3.63) is 35.4 Å². The van der Waals surface area contributed by atoms with Gasteiger partial charge in [0.05, 0.1) is 6.10 Å². The van der Waals surface area contributed by atoms with Gasteiger partial charge in [0.25, 0.3) is 5.60 Å². The van der Waals surface area contributed by atoms with Crippen molar-refractivity contribution >= 4 is 0 Å². The number of halogens is 6. The quantitative estimate of drug-likeness (QED) is 0.368. The highest BCUT2D eigenvalue weighted by Crippen LogP contribution is 2.53. The minimum atomic E-state index is -5.71. The largest absolute Gasteiger partial charge is 0.430 e. The maximum absolute atomic E-state index is 13.8. The zero-order valence-electron chi connectivity index (χ0n) is 16.0. The lowest BCUT2D eigenvalue weighted by Gasteiger charge is -2.40. The highest BCUT2D eigenvalue weighted by molar-refractivity contribution is 5.31. The highest BCUT2D eigenvalue weighted by Gasteiger charge is 2.74. The Bertz CT molecular complexity index is 589. The van der Waals surface area contributed by atoms with E-state index < -0.39 is 35.9 Å². The summed E-state index contributed by atoms with van der Waals surface area (Å²) >= 11 is 0. The van der Waals surface area contributed by atoms with Gasteiger partial charge in [-0.05, 0) is 31.7 Å². The van der Waals surface area contributed by atoms with Crippen LogP contribution in [-0.2, 0) is 21.5 Å². The Morgan fingerprint density at radius 1 is 0.929 bits per heavy atom. The molecule has 0 amide bonds. The molecule has 1 fully saturated rings. The molecule has 0 aromatic heterocycles. The molecule has 0 aliphatic heterocycles. The number of rotatable bonds is 7. The van der Waals surface area contributed by atoms with Gasteiger partial charge in [0.2, 0.25) is 0 Å². The van der Waals surface area contributed by atoms with Crippen molar-refractivity contribution < 1.29 is 35.8 Å².